The van der Waals surface area contributed by atoms with E-state index in [0.29, 0.717) is 17.3 Å². The fourth-order valence-electron chi connectivity index (χ4n) is 1.77. The van der Waals surface area contributed by atoms with Crippen molar-refractivity contribution in [2.24, 2.45) is 0 Å². The lowest BCUT2D eigenvalue weighted by atomic mass is 10.0. The molecule has 0 aliphatic carbocycles. The highest BCUT2D eigenvalue weighted by molar-refractivity contribution is 9.10. The van der Waals surface area contributed by atoms with Gasteiger partial charge in [-0.25, -0.2) is 4.39 Å². The molecule has 0 radical (unpaired) electrons. The fraction of sp³-hybridized carbons (Fsp3) is 0.133. The molecule has 2 rings (SSSR count). The number of carbonyl (C=O) groups is 1. The lowest BCUT2D eigenvalue weighted by Gasteiger charge is -2.03. The lowest BCUT2D eigenvalue weighted by molar-refractivity contribution is -0.117. The van der Waals surface area contributed by atoms with Crippen molar-refractivity contribution in [3.8, 4) is 0 Å². The molecule has 0 fully saturated rings. The summed E-state index contributed by atoms with van der Waals surface area (Å²) in [6.07, 6.45) is 0.706. The minimum Gasteiger partial charge on any atom is -0.299 e. The summed E-state index contributed by atoms with van der Waals surface area (Å²) in [6.45, 7) is 0. The predicted molar refractivity (Wildman–Crippen MR) is 80.7 cm³/mol. The lowest BCUT2D eigenvalue weighted by Crippen LogP contribution is -2.06. The van der Waals surface area contributed by atoms with Crippen molar-refractivity contribution in [3.05, 3.63) is 68.4 Å². The third-order valence-corrected chi connectivity index (χ3v) is 3.84. The summed E-state index contributed by atoms with van der Waals surface area (Å²) in [4.78, 5) is 11.9. The van der Waals surface area contributed by atoms with Crippen molar-refractivity contribution in [1.29, 1.82) is 0 Å². The second-order valence-corrected chi connectivity index (χ2v) is 6.04. The third-order valence-electron chi connectivity index (χ3n) is 2.70. The second-order valence-electron chi connectivity index (χ2n) is 4.27. The standard InChI is InChI=1S/C15H11Br2FO/c16-12-4-1-10(2-5-12)7-13(19)8-11-3-6-15(18)14(17)9-11/h1-6,9H,7-8H2. The van der Waals surface area contributed by atoms with Crippen LogP contribution in [0.5, 0.6) is 0 Å². The molecule has 98 valence electrons. The fourth-order valence-corrected chi connectivity index (χ4v) is 2.46. The van der Waals surface area contributed by atoms with Crippen LogP contribution in [-0.4, -0.2) is 5.78 Å². The number of hydrogen-bond acceptors (Lipinski definition) is 1. The highest BCUT2D eigenvalue weighted by atomic mass is 79.9. The van der Waals surface area contributed by atoms with Gasteiger partial charge in [0.05, 0.1) is 4.47 Å². The molecule has 0 heterocycles. The van der Waals surface area contributed by atoms with Gasteiger partial charge in [0, 0.05) is 17.3 Å². The van der Waals surface area contributed by atoms with Crippen LogP contribution < -0.4 is 0 Å². The average Bonchev–Trinajstić information content (AvgIpc) is 2.37. The molecule has 0 atom stereocenters. The van der Waals surface area contributed by atoms with Crippen LogP contribution in [0.15, 0.2) is 51.4 Å². The number of halogens is 3. The molecule has 0 aliphatic heterocycles. The van der Waals surface area contributed by atoms with E-state index in [1.165, 1.54) is 6.07 Å². The molecule has 0 spiro atoms. The van der Waals surface area contributed by atoms with Gasteiger partial charge in [0.2, 0.25) is 0 Å². The van der Waals surface area contributed by atoms with Crippen LogP contribution in [0.4, 0.5) is 4.39 Å². The molecule has 1 nitrogen and oxygen atoms in total. The maximum Gasteiger partial charge on any atom is 0.141 e. The average molecular weight is 386 g/mol. The Labute approximate surface area is 128 Å². The van der Waals surface area contributed by atoms with E-state index in [1.54, 1.807) is 12.1 Å². The first-order chi connectivity index (χ1) is 9.04. The quantitative estimate of drug-likeness (QED) is 0.745. The first-order valence-electron chi connectivity index (χ1n) is 5.74. The molecule has 2 aromatic rings. The van der Waals surface area contributed by atoms with Gasteiger partial charge in [-0.2, -0.15) is 0 Å². The molecule has 0 saturated heterocycles. The summed E-state index contributed by atoms with van der Waals surface area (Å²) in [5.41, 5.74) is 1.80. The van der Waals surface area contributed by atoms with Crippen molar-refractivity contribution in [3.63, 3.8) is 0 Å². The molecule has 0 saturated carbocycles. The van der Waals surface area contributed by atoms with Crippen LogP contribution in [0.25, 0.3) is 0 Å². The number of benzene rings is 2. The topological polar surface area (TPSA) is 17.1 Å². The van der Waals surface area contributed by atoms with Crippen molar-refractivity contribution in [2.45, 2.75) is 12.8 Å². The first-order valence-corrected chi connectivity index (χ1v) is 7.33. The van der Waals surface area contributed by atoms with Crippen LogP contribution in [0.1, 0.15) is 11.1 Å². The number of ketones is 1. The molecular formula is C15H11Br2FO. The van der Waals surface area contributed by atoms with E-state index in [9.17, 15) is 9.18 Å². The van der Waals surface area contributed by atoms with E-state index in [4.69, 9.17) is 0 Å². The van der Waals surface area contributed by atoms with Gasteiger partial charge < -0.3 is 0 Å². The van der Waals surface area contributed by atoms with Gasteiger partial charge >= 0.3 is 0 Å². The highest BCUT2D eigenvalue weighted by Gasteiger charge is 2.07. The van der Waals surface area contributed by atoms with Crippen LogP contribution >= 0.6 is 31.9 Å². The van der Waals surface area contributed by atoms with Crippen molar-refractivity contribution >= 4 is 37.6 Å². The van der Waals surface area contributed by atoms with Gasteiger partial charge in [0.25, 0.3) is 0 Å². The van der Waals surface area contributed by atoms with E-state index in [0.717, 1.165) is 15.6 Å². The monoisotopic (exact) mass is 384 g/mol. The van der Waals surface area contributed by atoms with Crippen molar-refractivity contribution in [2.75, 3.05) is 0 Å². The Bertz CT molecular complexity index is 594. The zero-order chi connectivity index (χ0) is 13.8. The first kappa shape index (κ1) is 14.4. The van der Waals surface area contributed by atoms with Crippen molar-refractivity contribution < 1.29 is 9.18 Å². The minimum atomic E-state index is -0.316. The Balaban J connectivity index is 2.01. The van der Waals surface area contributed by atoms with Gasteiger partial charge in [-0.05, 0) is 51.3 Å². The van der Waals surface area contributed by atoms with Crippen LogP contribution in [-0.2, 0) is 17.6 Å². The third kappa shape index (κ3) is 4.25. The summed E-state index contributed by atoms with van der Waals surface area (Å²) in [5.74, 6) is -0.204. The molecule has 2 aromatic carbocycles. The summed E-state index contributed by atoms with van der Waals surface area (Å²) >= 11 is 6.47. The van der Waals surface area contributed by atoms with Gasteiger partial charge in [-0.1, -0.05) is 34.1 Å². The summed E-state index contributed by atoms with van der Waals surface area (Å²) < 4.78 is 14.5. The molecule has 0 aromatic heterocycles. The Hall–Kier alpha value is -1.00. The zero-order valence-corrected chi connectivity index (χ0v) is 13.2. The SMILES string of the molecule is O=C(Cc1ccc(Br)cc1)Cc1ccc(F)c(Br)c1. The highest BCUT2D eigenvalue weighted by Crippen LogP contribution is 2.18. The molecule has 0 unspecified atom stereocenters. The van der Waals surface area contributed by atoms with E-state index in [-0.39, 0.29) is 11.6 Å². The van der Waals surface area contributed by atoms with E-state index in [2.05, 4.69) is 31.9 Å². The van der Waals surface area contributed by atoms with Gasteiger partial charge in [0.1, 0.15) is 11.6 Å². The number of rotatable bonds is 4. The summed E-state index contributed by atoms with van der Waals surface area (Å²) in [5, 5.41) is 0. The van der Waals surface area contributed by atoms with Crippen LogP contribution in [0.3, 0.4) is 0 Å². The Kier molecular flexibility index (Phi) is 4.88. The van der Waals surface area contributed by atoms with Crippen LogP contribution in [0, 0.1) is 5.82 Å². The Morgan fingerprint density at radius 2 is 1.53 bits per heavy atom. The molecule has 4 heteroatoms. The van der Waals surface area contributed by atoms with E-state index < -0.39 is 0 Å². The molecular weight excluding hydrogens is 375 g/mol. The van der Waals surface area contributed by atoms with Crippen LogP contribution in [0.2, 0.25) is 0 Å². The largest absolute Gasteiger partial charge is 0.299 e. The van der Waals surface area contributed by atoms with Crippen molar-refractivity contribution in [1.82, 2.24) is 0 Å². The number of carbonyl (C=O) groups excluding carboxylic acids is 1. The summed E-state index contributed by atoms with van der Waals surface area (Å²) in [7, 11) is 0. The number of Topliss-reactive ketones (excluding diaryl/α,β-unsaturated/α-hetero) is 1. The molecule has 0 bridgehead atoms. The maximum atomic E-state index is 13.1. The summed E-state index contributed by atoms with van der Waals surface area (Å²) in [6, 6.07) is 12.3. The Morgan fingerprint density at radius 3 is 2.16 bits per heavy atom. The molecule has 0 N–H and O–H groups in total. The predicted octanol–water partition coefficient (Wildman–Crippen LogP) is 4.71. The minimum absolute atomic E-state index is 0.112. The van der Waals surface area contributed by atoms with Gasteiger partial charge in [-0.15, -0.1) is 0 Å². The second kappa shape index (κ2) is 6.44. The van der Waals surface area contributed by atoms with E-state index >= 15 is 0 Å². The Morgan fingerprint density at radius 1 is 0.947 bits per heavy atom. The molecule has 0 aliphatic rings. The van der Waals surface area contributed by atoms with Gasteiger partial charge in [0.15, 0.2) is 0 Å². The molecule has 0 amide bonds. The van der Waals surface area contributed by atoms with Gasteiger partial charge in [-0.3, -0.25) is 4.79 Å². The normalized spacial score (nSPS) is 10.5. The maximum absolute atomic E-state index is 13.1. The van der Waals surface area contributed by atoms with E-state index in [1.807, 2.05) is 24.3 Å². The smallest absolute Gasteiger partial charge is 0.141 e. The zero-order valence-electron chi connectivity index (χ0n) is 10.00. The molecule has 19 heavy (non-hydrogen) atoms. The number of hydrogen-bond donors (Lipinski definition) is 0.